The van der Waals surface area contributed by atoms with E-state index in [0.29, 0.717) is 15.7 Å². The van der Waals surface area contributed by atoms with Crippen molar-refractivity contribution in [2.75, 3.05) is 11.1 Å². The van der Waals surface area contributed by atoms with Crippen LogP contribution in [0.25, 0.3) is 0 Å². The van der Waals surface area contributed by atoms with Crippen LogP contribution in [0.1, 0.15) is 10.4 Å². The van der Waals surface area contributed by atoms with Crippen LogP contribution >= 0.6 is 34.8 Å². The molecule has 2 aromatic rings. The minimum Gasteiger partial charge on any atom is -0.397 e. The van der Waals surface area contributed by atoms with Gasteiger partial charge in [-0.3, -0.25) is 4.79 Å². The first-order valence-corrected chi connectivity index (χ1v) is 6.27. The fraction of sp³-hybridized carbons (Fsp3) is 0. The number of halogens is 3. The highest BCUT2D eigenvalue weighted by Crippen LogP contribution is 2.24. The summed E-state index contributed by atoms with van der Waals surface area (Å²) >= 11 is 17.4. The molecule has 19 heavy (non-hydrogen) atoms. The lowest BCUT2D eigenvalue weighted by molar-refractivity contribution is 0.102. The fourth-order valence-electron chi connectivity index (χ4n) is 1.46. The Balaban J connectivity index is 2.28. The standard InChI is InChI=1S/C12H8Cl3N3O/c13-6-1-7(14)3-8(2-6)18-12(19)9-4-11(15)17-5-10(9)16/h1-5H,16H2,(H,18,19). The number of carbonyl (C=O) groups excluding carboxylic acids is 1. The predicted molar refractivity (Wildman–Crippen MR) is 78.1 cm³/mol. The van der Waals surface area contributed by atoms with Gasteiger partial charge >= 0.3 is 0 Å². The highest BCUT2D eigenvalue weighted by atomic mass is 35.5. The first-order chi connectivity index (χ1) is 8.95. The molecule has 0 aliphatic heterocycles. The van der Waals surface area contributed by atoms with Crippen molar-refractivity contribution >= 4 is 52.1 Å². The first-order valence-electron chi connectivity index (χ1n) is 5.14. The topological polar surface area (TPSA) is 68.0 Å². The maximum absolute atomic E-state index is 12.0. The number of amides is 1. The predicted octanol–water partition coefficient (Wildman–Crippen LogP) is 3.88. The van der Waals surface area contributed by atoms with Crippen molar-refractivity contribution in [1.82, 2.24) is 4.98 Å². The number of hydrogen-bond donors (Lipinski definition) is 2. The second-order valence-electron chi connectivity index (χ2n) is 3.71. The van der Waals surface area contributed by atoms with Gasteiger partial charge in [0.25, 0.3) is 5.91 Å². The number of carbonyl (C=O) groups is 1. The normalized spacial score (nSPS) is 10.3. The number of benzene rings is 1. The van der Waals surface area contributed by atoms with E-state index in [4.69, 9.17) is 40.5 Å². The van der Waals surface area contributed by atoms with Gasteiger partial charge < -0.3 is 11.1 Å². The van der Waals surface area contributed by atoms with Gasteiger partial charge in [-0.1, -0.05) is 34.8 Å². The quantitative estimate of drug-likeness (QED) is 0.826. The Bertz CT molecular complexity index is 626. The maximum atomic E-state index is 12.0. The van der Waals surface area contributed by atoms with E-state index < -0.39 is 5.91 Å². The summed E-state index contributed by atoms with van der Waals surface area (Å²) in [5, 5.41) is 3.66. The molecule has 0 fully saturated rings. The molecule has 0 aliphatic rings. The number of hydrogen-bond acceptors (Lipinski definition) is 3. The molecule has 4 nitrogen and oxygen atoms in total. The number of nitrogens with one attached hydrogen (secondary N) is 1. The van der Waals surface area contributed by atoms with Gasteiger partial charge in [0.1, 0.15) is 5.15 Å². The second-order valence-corrected chi connectivity index (χ2v) is 4.97. The van der Waals surface area contributed by atoms with Crippen LogP contribution in [0.4, 0.5) is 11.4 Å². The van der Waals surface area contributed by atoms with Crippen molar-refractivity contribution in [3.63, 3.8) is 0 Å². The summed E-state index contributed by atoms with van der Waals surface area (Å²) in [7, 11) is 0. The van der Waals surface area contributed by atoms with Gasteiger partial charge in [0.15, 0.2) is 0 Å². The van der Waals surface area contributed by atoms with Crippen molar-refractivity contribution in [2.24, 2.45) is 0 Å². The molecule has 3 N–H and O–H groups in total. The van der Waals surface area contributed by atoms with Gasteiger partial charge in [-0.15, -0.1) is 0 Å². The van der Waals surface area contributed by atoms with E-state index in [-0.39, 0.29) is 16.4 Å². The van der Waals surface area contributed by atoms with Crippen LogP contribution in [0.2, 0.25) is 15.2 Å². The molecule has 98 valence electrons. The smallest absolute Gasteiger partial charge is 0.257 e. The minimum absolute atomic E-state index is 0.184. The van der Waals surface area contributed by atoms with E-state index in [2.05, 4.69) is 10.3 Å². The zero-order valence-corrected chi connectivity index (χ0v) is 11.7. The average molecular weight is 317 g/mol. The molecule has 0 aliphatic carbocycles. The largest absolute Gasteiger partial charge is 0.397 e. The summed E-state index contributed by atoms with van der Waals surface area (Å²) in [6.45, 7) is 0. The number of nitrogens with zero attached hydrogens (tertiary/aromatic N) is 1. The molecule has 1 heterocycles. The lowest BCUT2D eigenvalue weighted by Gasteiger charge is -2.08. The van der Waals surface area contributed by atoms with Gasteiger partial charge in [-0.05, 0) is 24.3 Å². The third kappa shape index (κ3) is 3.50. The van der Waals surface area contributed by atoms with Gasteiger partial charge in [-0.2, -0.15) is 0 Å². The van der Waals surface area contributed by atoms with E-state index in [9.17, 15) is 4.79 Å². The number of nitrogen functional groups attached to an aromatic ring is 1. The highest BCUT2D eigenvalue weighted by molar-refractivity contribution is 6.35. The van der Waals surface area contributed by atoms with Gasteiger partial charge in [0.2, 0.25) is 0 Å². The average Bonchev–Trinajstić information content (AvgIpc) is 2.30. The summed E-state index contributed by atoms with van der Waals surface area (Å²) < 4.78 is 0. The number of nitrogens with two attached hydrogens (primary N) is 1. The number of rotatable bonds is 2. The van der Waals surface area contributed by atoms with E-state index in [0.717, 1.165) is 0 Å². The number of aromatic nitrogens is 1. The van der Waals surface area contributed by atoms with Crippen molar-refractivity contribution in [1.29, 1.82) is 0 Å². The van der Waals surface area contributed by atoms with Crippen LogP contribution in [-0.4, -0.2) is 10.9 Å². The SMILES string of the molecule is Nc1cnc(Cl)cc1C(=O)Nc1cc(Cl)cc(Cl)c1. The maximum Gasteiger partial charge on any atom is 0.257 e. The highest BCUT2D eigenvalue weighted by Gasteiger charge is 2.12. The van der Waals surface area contributed by atoms with Gasteiger partial charge in [0, 0.05) is 15.7 Å². The minimum atomic E-state index is -0.417. The van der Waals surface area contributed by atoms with E-state index >= 15 is 0 Å². The van der Waals surface area contributed by atoms with Gasteiger partial charge in [-0.25, -0.2) is 4.98 Å². The third-order valence-electron chi connectivity index (χ3n) is 2.27. The monoisotopic (exact) mass is 315 g/mol. The van der Waals surface area contributed by atoms with Gasteiger partial charge in [0.05, 0.1) is 17.4 Å². The zero-order valence-electron chi connectivity index (χ0n) is 9.45. The molecule has 0 saturated heterocycles. The van der Waals surface area contributed by atoms with Crippen LogP contribution in [0.15, 0.2) is 30.5 Å². The summed E-state index contributed by atoms with van der Waals surface area (Å²) in [6, 6.07) is 6.10. The molecular formula is C12H8Cl3N3O. The Morgan fingerprint density at radius 2 is 1.74 bits per heavy atom. The van der Waals surface area contributed by atoms with Crippen LogP contribution in [-0.2, 0) is 0 Å². The lowest BCUT2D eigenvalue weighted by Crippen LogP contribution is -2.14. The van der Waals surface area contributed by atoms with Crippen molar-refractivity contribution < 1.29 is 4.79 Å². The molecule has 0 atom stereocenters. The second kappa shape index (κ2) is 5.65. The molecule has 7 heteroatoms. The molecule has 0 bridgehead atoms. The Hall–Kier alpha value is -1.49. The molecule has 1 amide bonds. The molecule has 0 unspecified atom stereocenters. The molecule has 1 aromatic heterocycles. The number of anilines is 2. The lowest BCUT2D eigenvalue weighted by atomic mass is 10.2. The molecule has 2 rings (SSSR count). The fourth-order valence-corrected chi connectivity index (χ4v) is 2.15. The molecule has 0 radical (unpaired) electrons. The molecule has 0 saturated carbocycles. The first kappa shape index (κ1) is 13.9. The summed E-state index contributed by atoms with van der Waals surface area (Å²) in [4.78, 5) is 15.8. The van der Waals surface area contributed by atoms with Crippen molar-refractivity contribution in [2.45, 2.75) is 0 Å². The summed E-state index contributed by atoms with van der Waals surface area (Å²) in [5.41, 5.74) is 6.60. The van der Waals surface area contributed by atoms with Crippen LogP contribution < -0.4 is 11.1 Å². The van der Waals surface area contributed by atoms with E-state index in [1.54, 1.807) is 18.2 Å². The Labute approximate surface area is 124 Å². The Morgan fingerprint density at radius 1 is 1.11 bits per heavy atom. The third-order valence-corrected chi connectivity index (χ3v) is 2.91. The Morgan fingerprint density at radius 3 is 2.37 bits per heavy atom. The zero-order chi connectivity index (χ0) is 14.0. The molecule has 1 aromatic carbocycles. The van der Waals surface area contributed by atoms with E-state index in [1.165, 1.54) is 12.3 Å². The van der Waals surface area contributed by atoms with Crippen LogP contribution in [0.5, 0.6) is 0 Å². The molecule has 0 spiro atoms. The summed E-state index contributed by atoms with van der Waals surface area (Å²) in [6.07, 6.45) is 1.32. The summed E-state index contributed by atoms with van der Waals surface area (Å²) in [5.74, 6) is -0.417. The van der Waals surface area contributed by atoms with Crippen LogP contribution in [0.3, 0.4) is 0 Å². The Kier molecular flexibility index (Phi) is 4.14. The van der Waals surface area contributed by atoms with Crippen molar-refractivity contribution in [3.05, 3.63) is 51.2 Å². The van der Waals surface area contributed by atoms with Crippen LogP contribution in [0, 0.1) is 0 Å². The van der Waals surface area contributed by atoms with E-state index in [1.807, 2.05) is 0 Å². The van der Waals surface area contributed by atoms with Crippen molar-refractivity contribution in [3.8, 4) is 0 Å². The molecular weight excluding hydrogens is 309 g/mol. The number of pyridine rings is 1.